The lowest BCUT2D eigenvalue weighted by atomic mass is 9.50. The molecule has 2 nitrogen and oxygen atoms in total. The molecule has 26 heavy (non-hydrogen) atoms. The number of hydrogen-bond donors (Lipinski definition) is 0. The Morgan fingerprint density at radius 2 is 1.88 bits per heavy atom. The van der Waals surface area contributed by atoms with Crippen LogP contribution in [-0.2, 0) is 9.53 Å². The molecule has 4 aliphatic rings. The predicted octanol–water partition coefficient (Wildman–Crippen LogP) is 5.50. The summed E-state index contributed by atoms with van der Waals surface area (Å²) in [4.78, 5) is 11.6. The molecule has 3 fully saturated rings. The van der Waals surface area contributed by atoms with Crippen molar-refractivity contribution in [3.8, 4) is 12.0 Å². The summed E-state index contributed by atoms with van der Waals surface area (Å²) in [6.07, 6.45) is 18.2. The molecule has 4 aliphatic carbocycles. The van der Waals surface area contributed by atoms with Crippen molar-refractivity contribution in [2.24, 2.45) is 40.9 Å². The Labute approximate surface area is 158 Å². The minimum Gasteiger partial charge on any atom is -0.369 e. The van der Waals surface area contributed by atoms with Gasteiger partial charge in [0.05, 0.1) is 0 Å². The van der Waals surface area contributed by atoms with Crippen molar-refractivity contribution in [2.75, 3.05) is 0 Å². The first kappa shape index (κ1) is 17.9. The van der Waals surface area contributed by atoms with Crippen LogP contribution in [0.4, 0.5) is 0 Å². The van der Waals surface area contributed by atoms with E-state index in [1.54, 1.807) is 6.92 Å². The van der Waals surface area contributed by atoms with E-state index in [9.17, 15) is 4.79 Å². The highest BCUT2D eigenvalue weighted by Gasteiger charge is 2.56. The number of rotatable bonds is 1. The Balaban J connectivity index is 1.48. The molecule has 0 aromatic heterocycles. The second kappa shape index (κ2) is 6.91. The van der Waals surface area contributed by atoms with Gasteiger partial charge >= 0.3 is 5.97 Å². The van der Waals surface area contributed by atoms with Gasteiger partial charge in [-0.05, 0) is 93.3 Å². The molecule has 2 heteroatoms. The van der Waals surface area contributed by atoms with Crippen molar-refractivity contribution in [2.45, 2.75) is 65.2 Å². The van der Waals surface area contributed by atoms with Gasteiger partial charge in [0.15, 0.2) is 0 Å². The lowest BCUT2D eigenvalue weighted by Gasteiger charge is -2.54. The number of ether oxygens (including phenoxy) is 1. The Morgan fingerprint density at radius 1 is 1.08 bits per heavy atom. The molecule has 0 heterocycles. The zero-order valence-corrected chi connectivity index (χ0v) is 16.3. The van der Waals surface area contributed by atoms with Gasteiger partial charge in [0, 0.05) is 11.5 Å². The van der Waals surface area contributed by atoms with Crippen LogP contribution in [0, 0.1) is 52.9 Å². The normalized spacial score (nSPS) is 43.3. The Kier molecular flexibility index (Phi) is 4.76. The van der Waals surface area contributed by atoms with Crippen LogP contribution in [0.25, 0.3) is 0 Å². The molecule has 140 valence electrons. The largest absolute Gasteiger partial charge is 0.369 e. The van der Waals surface area contributed by atoms with Crippen molar-refractivity contribution in [1.29, 1.82) is 0 Å². The van der Waals surface area contributed by atoms with Crippen molar-refractivity contribution < 1.29 is 9.53 Å². The van der Waals surface area contributed by atoms with E-state index in [2.05, 4.69) is 37.7 Å². The third-order valence-corrected chi connectivity index (χ3v) is 8.26. The van der Waals surface area contributed by atoms with E-state index in [1.165, 1.54) is 44.9 Å². The molecule has 1 unspecified atom stereocenters. The van der Waals surface area contributed by atoms with Crippen molar-refractivity contribution in [3.63, 3.8) is 0 Å². The second-order valence-electron chi connectivity index (χ2n) is 9.47. The molecule has 0 aromatic rings. The van der Waals surface area contributed by atoms with Crippen LogP contribution in [0.2, 0.25) is 0 Å². The smallest absolute Gasteiger partial charge is 0.347 e. The predicted molar refractivity (Wildman–Crippen MR) is 104 cm³/mol. The topological polar surface area (TPSA) is 26.3 Å². The maximum absolute atomic E-state index is 11.6. The molecule has 0 aromatic carbocycles. The SMILES string of the molecule is C=C(C)C(=O)OC#C[C@@H]1CC[C@H]2[C@@H]3CCC4CC=CC[C@@H]4[C@H]3CC[C@]12C. The number of carbonyl (C=O) groups excluding carboxylic acids is 1. The van der Waals surface area contributed by atoms with E-state index in [0.29, 0.717) is 16.9 Å². The average Bonchev–Trinajstić information content (AvgIpc) is 2.98. The van der Waals surface area contributed by atoms with Gasteiger partial charge in [-0.2, -0.15) is 0 Å². The zero-order valence-electron chi connectivity index (χ0n) is 16.3. The first-order chi connectivity index (χ1) is 12.5. The van der Waals surface area contributed by atoms with E-state index < -0.39 is 5.97 Å². The maximum Gasteiger partial charge on any atom is 0.347 e. The van der Waals surface area contributed by atoms with Crippen LogP contribution in [0.15, 0.2) is 24.3 Å². The summed E-state index contributed by atoms with van der Waals surface area (Å²) < 4.78 is 5.06. The van der Waals surface area contributed by atoms with Gasteiger partial charge in [-0.25, -0.2) is 4.79 Å². The fraction of sp³-hybridized carbons (Fsp3) is 0.708. The van der Waals surface area contributed by atoms with Gasteiger partial charge in [0.25, 0.3) is 0 Å². The fourth-order valence-corrected chi connectivity index (χ4v) is 6.89. The highest BCUT2D eigenvalue weighted by Crippen LogP contribution is 2.63. The van der Waals surface area contributed by atoms with Gasteiger partial charge in [0.2, 0.25) is 0 Å². The molecule has 3 saturated carbocycles. The standard InChI is InChI=1S/C24H32O2/c1-16(2)23(25)26-15-13-18-9-11-22-21-10-8-17-6-4-5-7-19(17)20(21)12-14-24(18,22)3/h4-5,17-22H,1,6-12,14H2,2-3H3/t17?,18-,19-,20+,21+,22-,24+/m0/s1. The first-order valence-electron chi connectivity index (χ1n) is 10.5. The highest BCUT2D eigenvalue weighted by atomic mass is 16.5. The Hall–Kier alpha value is -1.49. The number of allylic oxidation sites excluding steroid dienone is 2. The van der Waals surface area contributed by atoms with Gasteiger partial charge < -0.3 is 4.74 Å². The van der Waals surface area contributed by atoms with Gasteiger partial charge in [-0.15, -0.1) is 0 Å². The molecular formula is C24H32O2. The lowest BCUT2D eigenvalue weighted by molar-refractivity contribution is -0.132. The summed E-state index contributed by atoms with van der Waals surface area (Å²) in [6.45, 7) is 7.74. The van der Waals surface area contributed by atoms with Crippen molar-refractivity contribution >= 4 is 5.97 Å². The van der Waals surface area contributed by atoms with Crippen LogP contribution in [-0.4, -0.2) is 5.97 Å². The number of carbonyl (C=O) groups is 1. The summed E-state index contributed by atoms with van der Waals surface area (Å²) in [7, 11) is 0. The quantitative estimate of drug-likeness (QED) is 0.269. The highest BCUT2D eigenvalue weighted by molar-refractivity contribution is 5.87. The molecule has 0 N–H and O–H groups in total. The van der Waals surface area contributed by atoms with Crippen molar-refractivity contribution in [3.05, 3.63) is 24.3 Å². The summed E-state index contributed by atoms with van der Waals surface area (Å²) in [5.74, 6) is 7.81. The molecule has 0 bridgehead atoms. The summed E-state index contributed by atoms with van der Waals surface area (Å²) in [5.41, 5.74) is 0.717. The van der Waals surface area contributed by atoms with E-state index in [0.717, 1.165) is 36.0 Å². The average molecular weight is 353 g/mol. The number of esters is 1. The van der Waals surface area contributed by atoms with Crippen LogP contribution in [0.1, 0.15) is 65.2 Å². The molecule has 0 spiro atoms. The minimum atomic E-state index is -0.399. The minimum absolute atomic E-state index is 0.307. The third-order valence-electron chi connectivity index (χ3n) is 8.26. The number of fused-ring (bicyclic) bond motifs is 5. The zero-order chi connectivity index (χ0) is 18.3. The van der Waals surface area contributed by atoms with E-state index >= 15 is 0 Å². The monoisotopic (exact) mass is 352 g/mol. The van der Waals surface area contributed by atoms with Crippen LogP contribution >= 0.6 is 0 Å². The lowest BCUT2D eigenvalue weighted by Crippen LogP contribution is -2.47. The van der Waals surface area contributed by atoms with Gasteiger partial charge in [0.1, 0.15) is 6.11 Å². The van der Waals surface area contributed by atoms with Crippen LogP contribution in [0.3, 0.4) is 0 Å². The van der Waals surface area contributed by atoms with Crippen molar-refractivity contribution in [1.82, 2.24) is 0 Å². The van der Waals surface area contributed by atoms with E-state index in [4.69, 9.17) is 4.74 Å². The summed E-state index contributed by atoms with van der Waals surface area (Å²) in [5, 5.41) is 0. The Bertz CT molecular complexity index is 678. The van der Waals surface area contributed by atoms with Crippen LogP contribution in [0.5, 0.6) is 0 Å². The molecule has 0 amide bonds. The molecule has 0 saturated heterocycles. The second-order valence-corrected chi connectivity index (χ2v) is 9.47. The molecule has 4 rings (SSSR count). The fourth-order valence-electron chi connectivity index (χ4n) is 6.89. The molecule has 7 atom stereocenters. The molecule has 0 aliphatic heterocycles. The van der Waals surface area contributed by atoms with Crippen LogP contribution < -0.4 is 0 Å². The number of hydrogen-bond acceptors (Lipinski definition) is 2. The first-order valence-corrected chi connectivity index (χ1v) is 10.5. The van der Waals surface area contributed by atoms with Gasteiger partial charge in [-0.1, -0.05) is 31.6 Å². The van der Waals surface area contributed by atoms with E-state index in [-0.39, 0.29) is 0 Å². The van der Waals surface area contributed by atoms with E-state index in [1.807, 2.05) is 0 Å². The summed E-state index contributed by atoms with van der Waals surface area (Å²) >= 11 is 0. The van der Waals surface area contributed by atoms with Gasteiger partial charge in [-0.3, -0.25) is 0 Å². The Morgan fingerprint density at radius 3 is 2.69 bits per heavy atom. The molecular weight excluding hydrogens is 320 g/mol. The summed E-state index contributed by atoms with van der Waals surface area (Å²) in [6, 6.07) is 0. The molecule has 0 radical (unpaired) electrons. The maximum atomic E-state index is 11.6. The third kappa shape index (κ3) is 2.94.